The number of nitrogens with zero attached hydrogens (tertiary/aromatic N) is 1. The summed E-state index contributed by atoms with van der Waals surface area (Å²) in [6.07, 6.45) is 2.29. The maximum Gasteiger partial charge on any atom is 0.252 e. The van der Waals surface area contributed by atoms with Gasteiger partial charge in [-0.1, -0.05) is 30.3 Å². The Balaban J connectivity index is 1.95. The van der Waals surface area contributed by atoms with Crippen molar-refractivity contribution in [3.05, 3.63) is 70.1 Å². The van der Waals surface area contributed by atoms with Gasteiger partial charge >= 0.3 is 0 Å². The highest BCUT2D eigenvalue weighted by atomic mass is 16.1. The molecule has 0 saturated heterocycles. The van der Waals surface area contributed by atoms with Gasteiger partial charge in [0.05, 0.1) is 5.56 Å². The summed E-state index contributed by atoms with van der Waals surface area (Å²) in [5.74, 6) is -0.184. The molecule has 0 unspecified atom stereocenters. The fourth-order valence-corrected chi connectivity index (χ4v) is 2.19. The molecule has 0 fully saturated rings. The van der Waals surface area contributed by atoms with E-state index >= 15 is 0 Å². The molecule has 0 saturated carbocycles. The first kappa shape index (κ1) is 16.0. The lowest BCUT2D eigenvalue weighted by Crippen LogP contribution is -2.41. The highest BCUT2D eigenvalue weighted by Gasteiger charge is 2.14. The van der Waals surface area contributed by atoms with Gasteiger partial charge in [0.2, 0.25) is 5.56 Å². The summed E-state index contributed by atoms with van der Waals surface area (Å²) in [6.45, 7) is 0.542. The van der Waals surface area contributed by atoms with Crippen LogP contribution in [-0.2, 0) is 6.42 Å². The quantitative estimate of drug-likeness (QED) is 0.844. The average molecular weight is 299 g/mol. The largest absolute Gasteiger partial charge is 0.350 e. The Morgan fingerprint density at radius 1 is 1.18 bits per heavy atom. The summed E-state index contributed by atoms with van der Waals surface area (Å²) in [5.41, 5.74) is 1.48. The third-order valence-electron chi connectivity index (χ3n) is 3.59. The first-order valence-electron chi connectivity index (χ1n) is 7.23. The van der Waals surface area contributed by atoms with Gasteiger partial charge in [-0.15, -0.1) is 0 Å². The van der Waals surface area contributed by atoms with E-state index in [1.165, 1.54) is 23.9 Å². The second-order valence-corrected chi connectivity index (χ2v) is 5.46. The summed E-state index contributed by atoms with van der Waals surface area (Å²) < 4.78 is 0. The third kappa shape index (κ3) is 4.56. The molecule has 5 heteroatoms. The molecular weight excluding hydrogens is 278 g/mol. The minimum absolute atomic E-state index is 0.184. The number of benzene rings is 1. The van der Waals surface area contributed by atoms with Crippen molar-refractivity contribution in [2.45, 2.75) is 12.5 Å². The number of aromatic nitrogens is 1. The lowest BCUT2D eigenvalue weighted by Gasteiger charge is -2.24. The minimum Gasteiger partial charge on any atom is -0.350 e. The van der Waals surface area contributed by atoms with Crippen LogP contribution in [0.5, 0.6) is 0 Å². The summed E-state index contributed by atoms with van der Waals surface area (Å²) in [6, 6.07) is 13.3. The summed E-state index contributed by atoms with van der Waals surface area (Å²) in [7, 11) is 4.00. The van der Waals surface area contributed by atoms with E-state index in [1.54, 1.807) is 0 Å². The zero-order valence-electron chi connectivity index (χ0n) is 12.9. The Morgan fingerprint density at radius 3 is 2.50 bits per heavy atom. The maximum absolute atomic E-state index is 12.1. The number of rotatable bonds is 6. The van der Waals surface area contributed by atoms with Gasteiger partial charge in [0.15, 0.2) is 0 Å². The van der Waals surface area contributed by atoms with Gasteiger partial charge < -0.3 is 15.2 Å². The molecule has 22 heavy (non-hydrogen) atoms. The van der Waals surface area contributed by atoms with E-state index in [9.17, 15) is 9.59 Å². The van der Waals surface area contributed by atoms with Gasteiger partial charge in [-0.2, -0.15) is 0 Å². The Bertz CT molecular complexity index is 645. The molecule has 1 aromatic carbocycles. The molecular formula is C17H21N3O2. The number of aromatic amines is 1. The van der Waals surface area contributed by atoms with Gasteiger partial charge in [0.25, 0.3) is 5.91 Å². The van der Waals surface area contributed by atoms with Crippen LogP contribution < -0.4 is 10.9 Å². The van der Waals surface area contributed by atoms with Crippen molar-refractivity contribution in [3.8, 4) is 0 Å². The summed E-state index contributed by atoms with van der Waals surface area (Å²) in [4.78, 5) is 27.7. The molecule has 0 radical (unpaired) electrons. The van der Waals surface area contributed by atoms with E-state index in [0.717, 1.165) is 6.42 Å². The van der Waals surface area contributed by atoms with Crippen molar-refractivity contribution in [2.24, 2.45) is 0 Å². The molecule has 0 spiro atoms. The summed E-state index contributed by atoms with van der Waals surface area (Å²) in [5, 5.41) is 2.92. The van der Waals surface area contributed by atoms with Crippen LogP contribution in [0.4, 0.5) is 0 Å². The van der Waals surface area contributed by atoms with Crippen molar-refractivity contribution in [2.75, 3.05) is 20.6 Å². The average Bonchev–Trinajstić information content (AvgIpc) is 2.52. The van der Waals surface area contributed by atoms with Crippen molar-refractivity contribution in [3.63, 3.8) is 0 Å². The number of nitrogens with one attached hydrogen (secondary N) is 2. The molecule has 2 aromatic rings. The van der Waals surface area contributed by atoms with Crippen LogP contribution in [0.3, 0.4) is 0 Å². The lowest BCUT2D eigenvalue weighted by atomic mass is 10.1. The molecule has 116 valence electrons. The smallest absolute Gasteiger partial charge is 0.252 e. The molecule has 1 atom stereocenters. The molecule has 0 aliphatic carbocycles. The monoisotopic (exact) mass is 299 g/mol. The Morgan fingerprint density at radius 2 is 1.91 bits per heavy atom. The molecule has 0 bridgehead atoms. The molecule has 1 aromatic heterocycles. The number of H-pyrrole nitrogens is 1. The Kier molecular flexibility index (Phi) is 5.49. The van der Waals surface area contributed by atoms with Crippen LogP contribution in [-0.4, -0.2) is 42.5 Å². The van der Waals surface area contributed by atoms with Gasteiger partial charge in [-0.05, 0) is 32.1 Å². The Hall–Kier alpha value is -2.40. The van der Waals surface area contributed by atoms with E-state index in [2.05, 4.69) is 27.3 Å². The normalized spacial score (nSPS) is 12.1. The minimum atomic E-state index is -0.216. The van der Waals surface area contributed by atoms with Crippen LogP contribution in [0.1, 0.15) is 15.9 Å². The zero-order valence-corrected chi connectivity index (χ0v) is 12.9. The van der Waals surface area contributed by atoms with Crippen molar-refractivity contribution in [1.29, 1.82) is 0 Å². The number of carbonyl (C=O) groups excluding carboxylic acids is 1. The van der Waals surface area contributed by atoms with Crippen LogP contribution >= 0.6 is 0 Å². The standard InChI is InChI=1S/C17H21N3O2/c1-20(2)15(10-13-6-4-3-5-7-13)12-19-17(22)14-8-9-16(21)18-11-14/h3-9,11,15H,10,12H2,1-2H3,(H,18,21)(H,19,22)/t15-/m1/s1. The summed E-state index contributed by atoms with van der Waals surface area (Å²) >= 11 is 0. The van der Waals surface area contributed by atoms with Gasteiger partial charge in [-0.25, -0.2) is 0 Å². The number of pyridine rings is 1. The second kappa shape index (κ2) is 7.56. The molecule has 0 aliphatic heterocycles. The predicted molar refractivity (Wildman–Crippen MR) is 87.0 cm³/mol. The fraction of sp³-hybridized carbons (Fsp3) is 0.294. The number of amides is 1. The third-order valence-corrected chi connectivity index (χ3v) is 3.59. The first-order valence-corrected chi connectivity index (χ1v) is 7.23. The predicted octanol–water partition coefficient (Wildman–Crippen LogP) is 1.28. The second-order valence-electron chi connectivity index (χ2n) is 5.46. The van der Waals surface area contributed by atoms with Gasteiger partial charge in [0, 0.05) is 24.8 Å². The van der Waals surface area contributed by atoms with Gasteiger partial charge in [0.1, 0.15) is 0 Å². The van der Waals surface area contributed by atoms with E-state index in [0.29, 0.717) is 12.1 Å². The van der Waals surface area contributed by atoms with Crippen molar-refractivity contribution in [1.82, 2.24) is 15.2 Å². The number of hydrogen-bond donors (Lipinski definition) is 2. The number of hydrogen-bond acceptors (Lipinski definition) is 3. The van der Waals surface area contributed by atoms with Crippen molar-refractivity contribution >= 4 is 5.91 Å². The zero-order chi connectivity index (χ0) is 15.9. The van der Waals surface area contributed by atoms with Crippen LogP contribution in [0.15, 0.2) is 53.5 Å². The van der Waals surface area contributed by atoms with Crippen molar-refractivity contribution < 1.29 is 4.79 Å². The molecule has 0 aliphatic rings. The van der Waals surface area contributed by atoms with Gasteiger partial charge in [-0.3, -0.25) is 9.59 Å². The topological polar surface area (TPSA) is 65.2 Å². The fourth-order valence-electron chi connectivity index (χ4n) is 2.19. The molecule has 1 heterocycles. The lowest BCUT2D eigenvalue weighted by molar-refractivity contribution is 0.0941. The van der Waals surface area contributed by atoms with Crippen LogP contribution in [0.25, 0.3) is 0 Å². The number of carbonyl (C=O) groups is 1. The molecule has 2 rings (SSSR count). The van der Waals surface area contributed by atoms with E-state index in [-0.39, 0.29) is 17.5 Å². The van der Waals surface area contributed by atoms with Crippen LogP contribution in [0.2, 0.25) is 0 Å². The highest BCUT2D eigenvalue weighted by Crippen LogP contribution is 2.06. The first-order chi connectivity index (χ1) is 10.6. The van der Waals surface area contributed by atoms with E-state index in [1.807, 2.05) is 32.3 Å². The van der Waals surface area contributed by atoms with Crippen LogP contribution in [0, 0.1) is 0 Å². The van der Waals surface area contributed by atoms with E-state index < -0.39 is 0 Å². The molecule has 2 N–H and O–H groups in total. The highest BCUT2D eigenvalue weighted by molar-refractivity contribution is 5.93. The SMILES string of the molecule is CN(C)[C@@H](CNC(=O)c1ccc(=O)[nH]c1)Cc1ccccc1. The Labute approximate surface area is 130 Å². The molecule has 5 nitrogen and oxygen atoms in total. The maximum atomic E-state index is 12.1. The molecule has 1 amide bonds. The van der Waals surface area contributed by atoms with E-state index in [4.69, 9.17) is 0 Å². The number of likely N-dealkylation sites (N-methyl/N-ethyl adjacent to an activating group) is 1.